The highest BCUT2D eigenvalue weighted by Crippen LogP contribution is 2.32. The molecule has 1 heterocycles. The number of hydrogen-bond acceptors (Lipinski definition) is 2. The van der Waals surface area contributed by atoms with Crippen LogP contribution in [0.1, 0.15) is 13.3 Å². The Morgan fingerprint density at radius 1 is 1.53 bits per heavy atom. The number of nitrogens with zero attached hydrogens (tertiary/aromatic N) is 1. The molecule has 1 fully saturated rings. The molecule has 4 heteroatoms. The number of H-pyrrole nitrogens is 1. The van der Waals surface area contributed by atoms with Crippen LogP contribution >= 0.6 is 0 Å². The lowest BCUT2D eigenvalue weighted by Crippen LogP contribution is -2.04. The van der Waals surface area contributed by atoms with Crippen molar-refractivity contribution in [2.45, 2.75) is 19.4 Å². The van der Waals surface area contributed by atoms with Gasteiger partial charge in [-0.1, -0.05) is 6.92 Å². The molecular formula is C11H12FN3. The number of rotatable bonds is 2. The van der Waals surface area contributed by atoms with Crippen molar-refractivity contribution in [3.63, 3.8) is 0 Å². The van der Waals surface area contributed by atoms with Crippen LogP contribution in [0.2, 0.25) is 0 Å². The van der Waals surface area contributed by atoms with Gasteiger partial charge in [-0.3, -0.25) is 0 Å². The van der Waals surface area contributed by atoms with Crippen molar-refractivity contribution in [2.75, 3.05) is 5.32 Å². The average molecular weight is 205 g/mol. The molecule has 1 aliphatic rings. The smallest absolute Gasteiger partial charge is 0.201 e. The summed E-state index contributed by atoms with van der Waals surface area (Å²) < 4.78 is 12.9. The first-order valence-electron chi connectivity index (χ1n) is 5.14. The van der Waals surface area contributed by atoms with Gasteiger partial charge in [-0.05, 0) is 30.5 Å². The minimum absolute atomic E-state index is 0.238. The highest BCUT2D eigenvalue weighted by molar-refractivity contribution is 5.77. The van der Waals surface area contributed by atoms with E-state index in [1.54, 1.807) is 6.07 Å². The maximum atomic E-state index is 12.9. The number of imidazole rings is 1. The Labute approximate surface area is 86.7 Å². The van der Waals surface area contributed by atoms with Crippen LogP contribution in [0.4, 0.5) is 10.3 Å². The van der Waals surface area contributed by atoms with Crippen molar-refractivity contribution in [1.82, 2.24) is 9.97 Å². The van der Waals surface area contributed by atoms with Crippen molar-refractivity contribution in [3.8, 4) is 0 Å². The number of halogens is 1. The van der Waals surface area contributed by atoms with E-state index in [-0.39, 0.29) is 5.82 Å². The summed E-state index contributed by atoms with van der Waals surface area (Å²) in [7, 11) is 0. The van der Waals surface area contributed by atoms with Gasteiger partial charge in [0.05, 0.1) is 11.0 Å². The predicted octanol–water partition coefficient (Wildman–Crippen LogP) is 2.52. The standard InChI is InChI=1S/C11H12FN3/c1-6-4-9(6)14-11-13-8-3-2-7(12)5-10(8)15-11/h2-3,5-6,9H,4H2,1H3,(H2,13,14,15). The topological polar surface area (TPSA) is 40.7 Å². The quantitative estimate of drug-likeness (QED) is 0.790. The average Bonchev–Trinajstić information content (AvgIpc) is 2.75. The van der Waals surface area contributed by atoms with Gasteiger partial charge in [0.1, 0.15) is 5.82 Å². The summed E-state index contributed by atoms with van der Waals surface area (Å²) in [5.41, 5.74) is 1.54. The Balaban J connectivity index is 1.92. The molecule has 0 radical (unpaired) electrons. The lowest BCUT2D eigenvalue weighted by Gasteiger charge is -1.97. The number of aromatic nitrogens is 2. The molecule has 0 bridgehead atoms. The van der Waals surface area contributed by atoms with Crippen LogP contribution in [0.15, 0.2) is 18.2 Å². The van der Waals surface area contributed by atoms with Crippen molar-refractivity contribution < 1.29 is 4.39 Å². The number of aromatic amines is 1. The maximum Gasteiger partial charge on any atom is 0.201 e. The first-order valence-corrected chi connectivity index (χ1v) is 5.14. The van der Waals surface area contributed by atoms with E-state index in [2.05, 4.69) is 22.2 Å². The minimum Gasteiger partial charge on any atom is -0.353 e. The van der Waals surface area contributed by atoms with Crippen LogP contribution in [-0.4, -0.2) is 16.0 Å². The third-order valence-electron chi connectivity index (χ3n) is 2.88. The van der Waals surface area contributed by atoms with Crippen LogP contribution in [0.5, 0.6) is 0 Å². The van der Waals surface area contributed by atoms with Gasteiger partial charge in [0, 0.05) is 6.04 Å². The zero-order valence-corrected chi connectivity index (χ0v) is 8.42. The van der Waals surface area contributed by atoms with E-state index in [4.69, 9.17) is 0 Å². The first-order chi connectivity index (χ1) is 7.22. The Morgan fingerprint density at radius 3 is 3.07 bits per heavy atom. The van der Waals surface area contributed by atoms with Gasteiger partial charge in [0.25, 0.3) is 0 Å². The second-order valence-electron chi connectivity index (χ2n) is 4.21. The van der Waals surface area contributed by atoms with Gasteiger partial charge in [0.2, 0.25) is 5.95 Å². The van der Waals surface area contributed by atoms with Crippen molar-refractivity contribution >= 4 is 17.0 Å². The molecule has 2 aromatic rings. The molecule has 0 saturated heterocycles. The van der Waals surface area contributed by atoms with Gasteiger partial charge in [-0.2, -0.15) is 0 Å². The molecule has 2 unspecified atom stereocenters. The Kier molecular flexibility index (Phi) is 1.71. The third-order valence-corrected chi connectivity index (χ3v) is 2.88. The van der Waals surface area contributed by atoms with E-state index in [1.165, 1.54) is 18.6 Å². The molecule has 3 nitrogen and oxygen atoms in total. The minimum atomic E-state index is -0.238. The van der Waals surface area contributed by atoms with Crippen LogP contribution in [0.3, 0.4) is 0 Å². The summed E-state index contributed by atoms with van der Waals surface area (Å²) in [6.07, 6.45) is 1.19. The number of hydrogen-bond donors (Lipinski definition) is 2. The lowest BCUT2D eigenvalue weighted by molar-refractivity contribution is 0.629. The highest BCUT2D eigenvalue weighted by Gasteiger charge is 2.32. The van der Waals surface area contributed by atoms with Gasteiger partial charge in [-0.15, -0.1) is 0 Å². The van der Waals surface area contributed by atoms with E-state index in [0.717, 1.165) is 22.9 Å². The second kappa shape index (κ2) is 2.95. The molecule has 1 aromatic heterocycles. The van der Waals surface area contributed by atoms with Crippen LogP contribution < -0.4 is 5.32 Å². The van der Waals surface area contributed by atoms with E-state index >= 15 is 0 Å². The monoisotopic (exact) mass is 205 g/mol. The number of benzene rings is 1. The zero-order valence-electron chi connectivity index (χ0n) is 8.42. The van der Waals surface area contributed by atoms with Gasteiger partial charge >= 0.3 is 0 Å². The fourth-order valence-electron chi connectivity index (χ4n) is 1.75. The normalized spacial score (nSPS) is 24.4. The van der Waals surface area contributed by atoms with E-state index < -0.39 is 0 Å². The molecule has 1 aliphatic carbocycles. The largest absolute Gasteiger partial charge is 0.353 e. The molecule has 78 valence electrons. The molecule has 2 atom stereocenters. The molecule has 1 saturated carbocycles. The molecule has 0 aliphatic heterocycles. The second-order valence-corrected chi connectivity index (χ2v) is 4.21. The van der Waals surface area contributed by atoms with Crippen molar-refractivity contribution in [2.24, 2.45) is 5.92 Å². The van der Waals surface area contributed by atoms with Crippen LogP contribution in [0, 0.1) is 11.7 Å². The first kappa shape index (κ1) is 8.71. The predicted molar refractivity (Wildman–Crippen MR) is 57.2 cm³/mol. The van der Waals surface area contributed by atoms with Crippen LogP contribution in [-0.2, 0) is 0 Å². The number of nitrogens with one attached hydrogen (secondary N) is 2. The molecule has 0 amide bonds. The fourth-order valence-corrected chi connectivity index (χ4v) is 1.75. The van der Waals surface area contributed by atoms with Gasteiger partial charge < -0.3 is 10.3 Å². The SMILES string of the molecule is CC1CC1Nc1nc2ccc(F)cc2[nH]1. The molecule has 3 rings (SSSR count). The molecule has 15 heavy (non-hydrogen) atoms. The van der Waals surface area contributed by atoms with Gasteiger partial charge in [0.15, 0.2) is 0 Å². The Hall–Kier alpha value is -1.58. The molecule has 2 N–H and O–H groups in total. The van der Waals surface area contributed by atoms with E-state index in [1.807, 2.05) is 0 Å². The van der Waals surface area contributed by atoms with Gasteiger partial charge in [-0.25, -0.2) is 9.37 Å². The zero-order chi connectivity index (χ0) is 10.4. The molecular weight excluding hydrogens is 193 g/mol. The maximum absolute atomic E-state index is 12.9. The van der Waals surface area contributed by atoms with E-state index in [9.17, 15) is 4.39 Å². The molecule has 1 aromatic carbocycles. The lowest BCUT2D eigenvalue weighted by atomic mass is 10.3. The van der Waals surface area contributed by atoms with Crippen molar-refractivity contribution in [3.05, 3.63) is 24.0 Å². The highest BCUT2D eigenvalue weighted by atomic mass is 19.1. The summed E-state index contributed by atoms with van der Waals surface area (Å²) in [6.45, 7) is 2.19. The third kappa shape index (κ3) is 1.56. The van der Waals surface area contributed by atoms with Crippen LogP contribution in [0.25, 0.3) is 11.0 Å². The summed E-state index contributed by atoms with van der Waals surface area (Å²) in [5.74, 6) is 1.22. The van der Waals surface area contributed by atoms with Crippen molar-refractivity contribution in [1.29, 1.82) is 0 Å². The molecule has 0 spiro atoms. The fraction of sp³-hybridized carbons (Fsp3) is 0.364. The Bertz CT molecular complexity index is 506. The Morgan fingerprint density at radius 2 is 2.33 bits per heavy atom. The summed E-state index contributed by atoms with van der Waals surface area (Å²) in [6, 6.07) is 5.09. The van der Waals surface area contributed by atoms with E-state index in [0.29, 0.717) is 6.04 Å². The summed E-state index contributed by atoms with van der Waals surface area (Å²) in [4.78, 5) is 7.40. The summed E-state index contributed by atoms with van der Waals surface area (Å²) in [5, 5.41) is 3.29. The summed E-state index contributed by atoms with van der Waals surface area (Å²) >= 11 is 0. The number of fused-ring (bicyclic) bond motifs is 1. The number of anilines is 1.